The van der Waals surface area contributed by atoms with Crippen LogP contribution in [-0.2, 0) is 0 Å². The van der Waals surface area contributed by atoms with Gasteiger partial charge in [-0.05, 0) is 55.9 Å². The highest BCUT2D eigenvalue weighted by atomic mass is 79.9. The molecule has 0 N–H and O–H groups in total. The molecule has 1 heteroatoms. The van der Waals surface area contributed by atoms with Crippen molar-refractivity contribution in [1.82, 2.24) is 0 Å². The highest BCUT2D eigenvalue weighted by Gasteiger charge is 2.16. The Morgan fingerprint density at radius 2 is 0.778 bits per heavy atom. The van der Waals surface area contributed by atoms with Gasteiger partial charge in [-0.1, -0.05) is 107 Å². The second-order valence-corrected chi connectivity index (χ2v) is 7.63. The third-order valence-electron chi connectivity index (χ3n) is 5.13. The molecule has 0 aliphatic heterocycles. The molecule has 0 heterocycles. The molecule has 128 valence electrons. The molecule has 0 fully saturated rings. The lowest BCUT2D eigenvalue weighted by Gasteiger charge is -2.18. The number of fused-ring (bicyclic) bond motifs is 3. The van der Waals surface area contributed by atoms with E-state index in [1.165, 1.54) is 43.8 Å². The van der Waals surface area contributed by atoms with Crippen LogP contribution < -0.4 is 0 Å². The van der Waals surface area contributed by atoms with E-state index >= 15 is 0 Å². The Hall–Kier alpha value is -2.90. The van der Waals surface area contributed by atoms with E-state index in [2.05, 4.69) is 119 Å². The van der Waals surface area contributed by atoms with Crippen LogP contribution in [0, 0.1) is 0 Å². The topological polar surface area (TPSA) is 0 Å². The molecule has 0 amide bonds. The summed E-state index contributed by atoms with van der Waals surface area (Å²) in [5.74, 6) is 0. The van der Waals surface area contributed by atoms with E-state index in [1.54, 1.807) is 0 Å². The van der Waals surface area contributed by atoms with Crippen molar-refractivity contribution < 1.29 is 0 Å². The fraction of sp³-hybridized carbons (Fsp3) is 0. The summed E-state index contributed by atoms with van der Waals surface area (Å²) in [5.41, 5.74) is 5.08. The van der Waals surface area contributed by atoms with Gasteiger partial charge in [0.15, 0.2) is 0 Å². The van der Waals surface area contributed by atoms with E-state index in [1.807, 2.05) is 0 Å². The van der Waals surface area contributed by atoms with Gasteiger partial charge in [0.2, 0.25) is 0 Å². The van der Waals surface area contributed by atoms with Crippen molar-refractivity contribution in [3.63, 3.8) is 0 Å². The average Bonchev–Trinajstić information content (AvgIpc) is 2.74. The summed E-state index contributed by atoms with van der Waals surface area (Å²) in [6.07, 6.45) is 0. The van der Waals surface area contributed by atoms with E-state index < -0.39 is 0 Å². The minimum absolute atomic E-state index is 1.10. The van der Waals surface area contributed by atoms with Crippen molar-refractivity contribution in [2.45, 2.75) is 0 Å². The van der Waals surface area contributed by atoms with Crippen LogP contribution in [0.3, 0.4) is 0 Å². The van der Waals surface area contributed by atoms with Crippen molar-refractivity contribution in [3.8, 4) is 22.3 Å². The maximum absolute atomic E-state index is 3.57. The second-order valence-electron chi connectivity index (χ2n) is 6.71. The third kappa shape index (κ3) is 2.75. The van der Waals surface area contributed by atoms with Gasteiger partial charge in [-0.25, -0.2) is 0 Å². The quantitative estimate of drug-likeness (QED) is 0.259. The maximum Gasteiger partial charge on any atom is 0.0175 e. The molecule has 0 aliphatic rings. The lowest BCUT2D eigenvalue weighted by molar-refractivity contribution is 1.61. The van der Waals surface area contributed by atoms with Crippen LogP contribution in [0.1, 0.15) is 0 Å². The third-order valence-corrected chi connectivity index (χ3v) is 5.66. The Labute approximate surface area is 167 Å². The molecule has 0 atom stereocenters. The van der Waals surface area contributed by atoms with Crippen molar-refractivity contribution in [3.05, 3.63) is 108 Å². The number of rotatable bonds is 2. The molecule has 5 rings (SSSR count). The minimum atomic E-state index is 1.10. The molecule has 5 aromatic rings. The molecule has 0 aromatic heterocycles. The first kappa shape index (κ1) is 16.3. The monoisotopic (exact) mass is 408 g/mol. The van der Waals surface area contributed by atoms with E-state index in [0.29, 0.717) is 0 Å². The number of hydrogen-bond donors (Lipinski definition) is 0. The Morgan fingerprint density at radius 3 is 1.30 bits per heavy atom. The zero-order chi connectivity index (χ0) is 18.2. The van der Waals surface area contributed by atoms with Gasteiger partial charge in [0.25, 0.3) is 0 Å². The summed E-state index contributed by atoms with van der Waals surface area (Å²) in [6.45, 7) is 0. The van der Waals surface area contributed by atoms with Gasteiger partial charge in [-0.2, -0.15) is 0 Å². The normalized spacial score (nSPS) is 11.1. The molecule has 0 saturated heterocycles. The van der Waals surface area contributed by atoms with Gasteiger partial charge >= 0.3 is 0 Å². The van der Waals surface area contributed by atoms with Crippen LogP contribution in [0.4, 0.5) is 0 Å². The van der Waals surface area contributed by atoms with Crippen LogP contribution in [0.15, 0.2) is 108 Å². The van der Waals surface area contributed by atoms with Crippen LogP contribution >= 0.6 is 15.9 Å². The SMILES string of the molecule is Brc1ccc(-c2c(-c3ccccc3)c3ccccc3c3ccccc23)cc1. The summed E-state index contributed by atoms with van der Waals surface area (Å²) in [4.78, 5) is 0. The molecule has 0 saturated carbocycles. The molecule has 0 aliphatic carbocycles. The first-order chi connectivity index (χ1) is 13.3. The predicted octanol–water partition coefficient (Wildman–Crippen LogP) is 8.09. The summed E-state index contributed by atoms with van der Waals surface area (Å²) >= 11 is 3.57. The van der Waals surface area contributed by atoms with E-state index in [9.17, 15) is 0 Å². The Bertz CT molecular complexity index is 1250. The summed E-state index contributed by atoms with van der Waals surface area (Å²) in [5, 5.41) is 5.18. The predicted molar refractivity (Wildman–Crippen MR) is 120 cm³/mol. The first-order valence-electron chi connectivity index (χ1n) is 9.08. The Kier molecular flexibility index (Phi) is 4.03. The van der Waals surface area contributed by atoms with Crippen LogP contribution in [-0.4, -0.2) is 0 Å². The van der Waals surface area contributed by atoms with E-state index in [4.69, 9.17) is 0 Å². The number of hydrogen-bond acceptors (Lipinski definition) is 0. The van der Waals surface area contributed by atoms with E-state index in [-0.39, 0.29) is 0 Å². The van der Waals surface area contributed by atoms with Gasteiger partial charge in [0.1, 0.15) is 0 Å². The molecule has 0 radical (unpaired) electrons. The fourth-order valence-electron chi connectivity index (χ4n) is 3.96. The number of halogens is 1. The van der Waals surface area contributed by atoms with Gasteiger partial charge in [-0.15, -0.1) is 0 Å². The standard InChI is InChI=1S/C26H17Br/c27-20-16-14-19(15-17-20)26-24-13-7-5-11-22(24)21-10-4-6-12-23(21)25(26)18-8-2-1-3-9-18/h1-17H. The Balaban J connectivity index is 2.03. The summed E-state index contributed by atoms with van der Waals surface area (Å²) in [6, 6.07) is 36.8. The molecule has 5 aromatic carbocycles. The van der Waals surface area contributed by atoms with Crippen molar-refractivity contribution in [2.75, 3.05) is 0 Å². The van der Waals surface area contributed by atoms with Crippen molar-refractivity contribution >= 4 is 37.5 Å². The summed E-state index contributed by atoms with van der Waals surface area (Å²) < 4.78 is 1.10. The zero-order valence-electron chi connectivity index (χ0n) is 14.7. The van der Waals surface area contributed by atoms with Gasteiger partial charge in [-0.3, -0.25) is 0 Å². The summed E-state index contributed by atoms with van der Waals surface area (Å²) in [7, 11) is 0. The molecular weight excluding hydrogens is 392 g/mol. The second kappa shape index (κ2) is 6.68. The molecule has 0 bridgehead atoms. The minimum Gasteiger partial charge on any atom is -0.0622 e. The first-order valence-corrected chi connectivity index (χ1v) is 9.87. The smallest absolute Gasteiger partial charge is 0.0175 e. The van der Waals surface area contributed by atoms with Crippen molar-refractivity contribution in [2.24, 2.45) is 0 Å². The van der Waals surface area contributed by atoms with Crippen molar-refractivity contribution in [1.29, 1.82) is 0 Å². The van der Waals surface area contributed by atoms with Gasteiger partial charge in [0, 0.05) is 4.47 Å². The fourth-order valence-corrected chi connectivity index (χ4v) is 4.23. The number of benzene rings is 5. The zero-order valence-corrected chi connectivity index (χ0v) is 16.3. The molecule has 27 heavy (non-hydrogen) atoms. The largest absolute Gasteiger partial charge is 0.0622 e. The highest BCUT2D eigenvalue weighted by molar-refractivity contribution is 9.10. The lowest BCUT2D eigenvalue weighted by Crippen LogP contribution is -1.91. The Morgan fingerprint density at radius 1 is 0.370 bits per heavy atom. The van der Waals surface area contributed by atoms with Crippen LogP contribution in [0.5, 0.6) is 0 Å². The van der Waals surface area contributed by atoms with Gasteiger partial charge < -0.3 is 0 Å². The van der Waals surface area contributed by atoms with E-state index in [0.717, 1.165) is 4.47 Å². The van der Waals surface area contributed by atoms with Crippen LogP contribution in [0.2, 0.25) is 0 Å². The molecular formula is C26H17Br. The highest BCUT2D eigenvalue weighted by Crippen LogP contribution is 2.44. The van der Waals surface area contributed by atoms with Gasteiger partial charge in [0.05, 0.1) is 0 Å². The maximum atomic E-state index is 3.57. The van der Waals surface area contributed by atoms with Crippen LogP contribution in [0.25, 0.3) is 43.8 Å². The molecule has 0 unspecified atom stereocenters. The molecule has 0 spiro atoms. The lowest BCUT2D eigenvalue weighted by atomic mass is 9.85. The average molecular weight is 409 g/mol. The molecule has 0 nitrogen and oxygen atoms in total.